The Morgan fingerprint density at radius 3 is 2.43 bits per heavy atom. The molecule has 0 bridgehead atoms. The lowest BCUT2D eigenvalue weighted by Gasteiger charge is -2.17. The molecule has 4 heteroatoms. The molecule has 1 amide bonds. The van der Waals surface area contributed by atoms with Crippen LogP contribution in [0.15, 0.2) is 54.6 Å². The molecule has 0 radical (unpaired) electrons. The van der Waals surface area contributed by atoms with Gasteiger partial charge in [0.25, 0.3) is 0 Å². The summed E-state index contributed by atoms with van der Waals surface area (Å²) in [5, 5.41) is 3.11. The SMILES string of the molecule is CCC(NC(=O)CSCc1ccc(OC)cc1)c1ccccc1. The zero-order valence-corrected chi connectivity index (χ0v) is 14.4. The minimum Gasteiger partial charge on any atom is -0.497 e. The minimum absolute atomic E-state index is 0.0826. The standard InChI is InChI=1S/C19H23NO2S/c1-3-18(16-7-5-4-6-8-16)20-19(21)14-23-13-15-9-11-17(22-2)12-10-15/h4-12,18H,3,13-14H2,1-2H3,(H,20,21). The van der Waals surface area contributed by atoms with Crippen LogP contribution in [0.1, 0.15) is 30.5 Å². The van der Waals surface area contributed by atoms with E-state index in [0.717, 1.165) is 23.5 Å². The number of rotatable bonds is 8. The van der Waals surface area contributed by atoms with E-state index in [9.17, 15) is 4.79 Å². The number of ether oxygens (including phenoxy) is 1. The molecular weight excluding hydrogens is 306 g/mol. The van der Waals surface area contributed by atoms with E-state index in [1.54, 1.807) is 18.9 Å². The van der Waals surface area contributed by atoms with Gasteiger partial charge in [-0.15, -0.1) is 11.8 Å². The fourth-order valence-electron chi connectivity index (χ4n) is 2.33. The highest BCUT2D eigenvalue weighted by atomic mass is 32.2. The lowest BCUT2D eigenvalue weighted by molar-refractivity contribution is -0.119. The number of methoxy groups -OCH3 is 1. The molecule has 0 aliphatic rings. The molecule has 2 aromatic carbocycles. The van der Waals surface area contributed by atoms with Crippen LogP contribution >= 0.6 is 11.8 Å². The maximum Gasteiger partial charge on any atom is 0.230 e. The van der Waals surface area contributed by atoms with Crippen molar-refractivity contribution in [1.82, 2.24) is 5.32 Å². The average Bonchev–Trinajstić information content (AvgIpc) is 2.61. The molecule has 0 aliphatic carbocycles. The Kier molecular flexibility index (Phi) is 7.01. The lowest BCUT2D eigenvalue weighted by Crippen LogP contribution is -2.29. The van der Waals surface area contributed by atoms with Crippen LogP contribution in [0.5, 0.6) is 5.75 Å². The molecule has 1 unspecified atom stereocenters. The van der Waals surface area contributed by atoms with E-state index < -0.39 is 0 Å². The van der Waals surface area contributed by atoms with Gasteiger partial charge in [-0.1, -0.05) is 49.4 Å². The second-order valence-corrected chi connectivity index (χ2v) is 6.27. The van der Waals surface area contributed by atoms with Crippen LogP contribution in [-0.4, -0.2) is 18.8 Å². The summed E-state index contributed by atoms with van der Waals surface area (Å²) < 4.78 is 5.14. The van der Waals surface area contributed by atoms with Gasteiger partial charge >= 0.3 is 0 Å². The zero-order chi connectivity index (χ0) is 16.5. The number of carbonyl (C=O) groups excluding carboxylic acids is 1. The molecule has 0 heterocycles. The molecule has 0 spiro atoms. The predicted octanol–water partition coefficient (Wildman–Crippen LogP) is 4.20. The van der Waals surface area contributed by atoms with E-state index in [-0.39, 0.29) is 11.9 Å². The topological polar surface area (TPSA) is 38.3 Å². The fourth-order valence-corrected chi connectivity index (χ4v) is 3.12. The molecule has 0 saturated carbocycles. The third kappa shape index (κ3) is 5.64. The third-order valence-corrected chi connectivity index (χ3v) is 4.61. The van der Waals surface area contributed by atoms with E-state index in [1.165, 1.54) is 5.56 Å². The van der Waals surface area contributed by atoms with Crippen molar-refractivity contribution in [1.29, 1.82) is 0 Å². The van der Waals surface area contributed by atoms with Gasteiger partial charge in [0.05, 0.1) is 18.9 Å². The predicted molar refractivity (Wildman–Crippen MR) is 96.8 cm³/mol. The normalized spacial score (nSPS) is 11.7. The van der Waals surface area contributed by atoms with Crippen LogP contribution in [0.2, 0.25) is 0 Å². The number of nitrogens with one attached hydrogen (secondary N) is 1. The van der Waals surface area contributed by atoms with Crippen molar-refractivity contribution in [3.05, 3.63) is 65.7 Å². The van der Waals surface area contributed by atoms with Crippen LogP contribution < -0.4 is 10.1 Å². The average molecular weight is 329 g/mol. The van der Waals surface area contributed by atoms with Crippen molar-refractivity contribution in [3.8, 4) is 5.75 Å². The Labute approximate surface area is 142 Å². The van der Waals surface area contributed by atoms with Crippen molar-refractivity contribution in [3.63, 3.8) is 0 Å². The highest BCUT2D eigenvalue weighted by molar-refractivity contribution is 7.99. The smallest absolute Gasteiger partial charge is 0.230 e. The quantitative estimate of drug-likeness (QED) is 0.789. The van der Waals surface area contributed by atoms with Gasteiger partial charge in [0.2, 0.25) is 5.91 Å². The Balaban J connectivity index is 1.77. The van der Waals surface area contributed by atoms with Crippen LogP contribution in [0, 0.1) is 0 Å². The first-order chi connectivity index (χ1) is 11.2. The second kappa shape index (κ2) is 9.26. The molecule has 1 atom stereocenters. The molecule has 2 aromatic rings. The number of amides is 1. The summed E-state index contributed by atoms with van der Waals surface area (Å²) in [6.07, 6.45) is 0.888. The lowest BCUT2D eigenvalue weighted by atomic mass is 10.0. The summed E-state index contributed by atoms with van der Waals surface area (Å²) in [5.74, 6) is 2.22. The highest BCUT2D eigenvalue weighted by Gasteiger charge is 2.12. The largest absolute Gasteiger partial charge is 0.497 e. The Morgan fingerprint density at radius 1 is 1.13 bits per heavy atom. The number of benzene rings is 2. The van der Waals surface area contributed by atoms with Gasteiger partial charge in [0.1, 0.15) is 5.75 Å². The van der Waals surface area contributed by atoms with Crippen molar-refractivity contribution < 1.29 is 9.53 Å². The molecule has 1 N–H and O–H groups in total. The van der Waals surface area contributed by atoms with Crippen molar-refractivity contribution >= 4 is 17.7 Å². The Bertz CT molecular complexity index is 599. The van der Waals surface area contributed by atoms with Crippen LogP contribution in [-0.2, 0) is 10.5 Å². The summed E-state index contributed by atoms with van der Waals surface area (Å²) >= 11 is 1.62. The minimum atomic E-state index is 0.0826. The van der Waals surface area contributed by atoms with Gasteiger partial charge in [0.15, 0.2) is 0 Å². The summed E-state index contributed by atoms with van der Waals surface area (Å²) in [6, 6.07) is 18.1. The molecular formula is C19H23NO2S. The molecule has 0 fully saturated rings. The Morgan fingerprint density at radius 2 is 1.83 bits per heavy atom. The molecule has 3 nitrogen and oxygen atoms in total. The number of hydrogen-bond acceptors (Lipinski definition) is 3. The molecule has 2 rings (SSSR count). The van der Waals surface area contributed by atoms with E-state index >= 15 is 0 Å². The molecule has 23 heavy (non-hydrogen) atoms. The van der Waals surface area contributed by atoms with E-state index in [2.05, 4.69) is 24.4 Å². The first-order valence-electron chi connectivity index (χ1n) is 7.78. The van der Waals surface area contributed by atoms with E-state index in [1.807, 2.05) is 42.5 Å². The van der Waals surface area contributed by atoms with Crippen LogP contribution in [0.4, 0.5) is 0 Å². The van der Waals surface area contributed by atoms with Gasteiger partial charge in [0, 0.05) is 5.75 Å². The van der Waals surface area contributed by atoms with E-state index in [0.29, 0.717) is 5.75 Å². The molecule has 0 saturated heterocycles. The van der Waals surface area contributed by atoms with Crippen molar-refractivity contribution in [2.75, 3.05) is 12.9 Å². The maximum absolute atomic E-state index is 12.1. The highest BCUT2D eigenvalue weighted by Crippen LogP contribution is 2.18. The number of thioether (sulfide) groups is 1. The monoisotopic (exact) mass is 329 g/mol. The first-order valence-corrected chi connectivity index (χ1v) is 8.93. The number of carbonyl (C=O) groups is 1. The van der Waals surface area contributed by atoms with Gasteiger partial charge in [-0.3, -0.25) is 4.79 Å². The Hall–Kier alpha value is -1.94. The first kappa shape index (κ1) is 17.4. The summed E-state index contributed by atoms with van der Waals surface area (Å²) in [4.78, 5) is 12.1. The van der Waals surface area contributed by atoms with Gasteiger partial charge < -0.3 is 10.1 Å². The summed E-state index contributed by atoms with van der Waals surface area (Å²) in [6.45, 7) is 2.09. The summed E-state index contributed by atoms with van der Waals surface area (Å²) in [5.41, 5.74) is 2.35. The number of hydrogen-bond donors (Lipinski definition) is 1. The van der Waals surface area contributed by atoms with Crippen molar-refractivity contribution in [2.45, 2.75) is 25.1 Å². The molecule has 122 valence electrons. The summed E-state index contributed by atoms with van der Waals surface area (Å²) in [7, 11) is 1.66. The van der Waals surface area contributed by atoms with Gasteiger partial charge in [-0.25, -0.2) is 0 Å². The third-order valence-electron chi connectivity index (χ3n) is 3.61. The fraction of sp³-hybridized carbons (Fsp3) is 0.316. The maximum atomic E-state index is 12.1. The van der Waals surface area contributed by atoms with Gasteiger partial charge in [-0.2, -0.15) is 0 Å². The second-order valence-electron chi connectivity index (χ2n) is 5.28. The zero-order valence-electron chi connectivity index (χ0n) is 13.6. The van der Waals surface area contributed by atoms with Crippen LogP contribution in [0.25, 0.3) is 0 Å². The molecule has 0 aromatic heterocycles. The van der Waals surface area contributed by atoms with Crippen LogP contribution in [0.3, 0.4) is 0 Å². The molecule has 0 aliphatic heterocycles. The van der Waals surface area contributed by atoms with E-state index in [4.69, 9.17) is 4.74 Å². The van der Waals surface area contributed by atoms with Gasteiger partial charge in [-0.05, 0) is 29.7 Å². The van der Waals surface area contributed by atoms with Crippen molar-refractivity contribution in [2.24, 2.45) is 0 Å².